The van der Waals surface area contributed by atoms with E-state index in [4.69, 9.17) is 0 Å². The Morgan fingerprint density at radius 1 is 1.00 bits per heavy atom. The Morgan fingerprint density at radius 2 is 1.47 bits per heavy atom. The normalized spacial score (nSPS) is 36.2. The summed E-state index contributed by atoms with van der Waals surface area (Å²) in [5.74, 6) is -5.55. The van der Waals surface area contributed by atoms with Crippen LogP contribution < -0.4 is 0 Å². The van der Waals surface area contributed by atoms with Gasteiger partial charge in [0.1, 0.15) is 0 Å². The molecule has 0 N–H and O–H groups in total. The second-order valence-electron chi connectivity index (χ2n) is 2.55. The third-order valence-corrected chi connectivity index (χ3v) is 1.49. The first kappa shape index (κ1) is 12.4. The summed E-state index contributed by atoms with van der Waals surface area (Å²) < 4.78 is 102. The first-order valence-electron chi connectivity index (χ1n) is 3.28. The molecule has 0 aliphatic carbocycles. The van der Waals surface area contributed by atoms with Gasteiger partial charge in [0, 0.05) is 0 Å². The van der Waals surface area contributed by atoms with Crippen molar-refractivity contribution in [3.8, 4) is 0 Å². The Labute approximate surface area is 76.7 Å². The van der Waals surface area contributed by atoms with E-state index in [9.17, 15) is 35.1 Å². The van der Waals surface area contributed by atoms with Gasteiger partial charge in [0.15, 0.2) is 0 Å². The highest BCUT2D eigenvalue weighted by Crippen LogP contribution is 2.52. The summed E-state index contributed by atoms with van der Waals surface area (Å²) in [4.78, 5) is 0. The molecule has 0 aromatic rings. The van der Waals surface area contributed by atoms with Crippen molar-refractivity contribution < 1.29 is 44.6 Å². The molecule has 0 aromatic heterocycles. The zero-order valence-corrected chi connectivity index (χ0v) is 6.49. The van der Waals surface area contributed by atoms with Crippen LogP contribution in [0.2, 0.25) is 0 Å². The van der Waals surface area contributed by atoms with Gasteiger partial charge < -0.3 is 0 Å². The zero-order valence-electron chi connectivity index (χ0n) is 6.49. The Hall–Kier alpha value is -0.640. The lowest BCUT2D eigenvalue weighted by molar-refractivity contribution is -0.393. The molecule has 0 spiro atoms. The van der Waals surface area contributed by atoms with Crippen molar-refractivity contribution in [1.82, 2.24) is 0 Å². The molecule has 0 saturated carbocycles. The van der Waals surface area contributed by atoms with Crippen LogP contribution in [-0.4, -0.2) is 30.9 Å². The van der Waals surface area contributed by atoms with Gasteiger partial charge in [0.2, 0.25) is 6.29 Å². The van der Waals surface area contributed by atoms with Crippen molar-refractivity contribution in [2.24, 2.45) is 0 Å². The zero-order chi connectivity index (χ0) is 12.1. The van der Waals surface area contributed by atoms with E-state index >= 15 is 0 Å². The average molecular weight is 246 g/mol. The topological polar surface area (TPSA) is 18.5 Å². The minimum atomic E-state index is -6.18. The van der Waals surface area contributed by atoms with Crippen molar-refractivity contribution in [3.05, 3.63) is 0 Å². The molecule has 0 aromatic carbocycles. The standard InChI is InChI=1S/C5H2F8O2/c6-1(7)2-14-3(8,4(9,10)11)5(12,13)15-2/h1-2H. The molecule has 90 valence electrons. The molecule has 1 aliphatic heterocycles. The first-order chi connectivity index (χ1) is 6.51. The number of ether oxygens (including phenoxy) is 2. The molecule has 2 nitrogen and oxygen atoms in total. The number of alkyl halides is 8. The molecular weight excluding hydrogens is 244 g/mol. The van der Waals surface area contributed by atoms with E-state index in [1.165, 1.54) is 0 Å². The lowest BCUT2D eigenvalue weighted by Crippen LogP contribution is -2.53. The van der Waals surface area contributed by atoms with E-state index in [1.54, 1.807) is 0 Å². The Morgan fingerprint density at radius 3 is 1.67 bits per heavy atom. The average Bonchev–Trinajstić information content (AvgIpc) is 2.23. The highest BCUT2D eigenvalue weighted by Gasteiger charge is 2.80. The van der Waals surface area contributed by atoms with E-state index in [1.807, 2.05) is 0 Å². The van der Waals surface area contributed by atoms with Gasteiger partial charge in [-0.15, -0.1) is 0 Å². The second kappa shape index (κ2) is 3.17. The molecule has 15 heavy (non-hydrogen) atoms. The van der Waals surface area contributed by atoms with Gasteiger partial charge in [-0.2, -0.15) is 26.3 Å². The SMILES string of the molecule is FC(F)C1OC(F)(F)C(F)(C(F)(F)F)O1. The molecule has 1 heterocycles. The van der Waals surface area contributed by atoms with Crippen LogP contribution in [0.1, 0.15) is 0 Å². The largest absolute Gasteiger partial charge is 0.458 e. The molecule has 0 bridgehead atoms. The molecule has 1 aliphatic rings. The highest BCUT2D eigenvalue weighted by atomic mass is 19.4. The monoisotopic (exact) mass is 246 g/mol. The summed E-state index contributed by atoms with van der Waals surface area (Å²) in [5, 5.41) is 0. The molecule has 1 rings (SSSR count). The number of hydrogen-bond donors (Lipinski definition) is 0. The summed E-state index contributed by atoms with van der Waals surface area (Å²) in [6.45, 7) is 0. The van der Waals surface area contributed by atoms with Gasteiger partial charge in [-0.25, -0.2) is 8.78 Å². The molecule has 1 fully saturated rings. The number of rotatable bonds is 1. The maximum absolute atomic E-state index is 12.7. The molecule has 1 saturated heterocycles. The quantitative estimate of drug-likeness (QED) is 0.661. The van der Waals surface area contributed by atoms with E-state index in [-0.39, 0.29) is 0 Å². The summed E-state index contributed by atoms with van der Waals surface area (Å²) >= 11 is 0. The molecule has 0 amide bonds. The van der Waals surface area contributed by atoms with Crippen molar-refractivity contribution in [3.63, 3.8) is 0 Å². The predicted molar refractivity (Wildman–Crippen MR) is 26.8 cm³/mol. The number of hydrogen-bond acceptors (Lipinski definition) is 2. The predicted octanol–water partition coefficient (Wildman–Crippen LogP) is 2.45. The summed E-state index contributed by atoms with van der Waals surface area (Å²) in [6, 6.07) is 0. The van der Waals surface area contributed by atoms with Gasteiger partial charge in [-0.3, -0.25) is 9.47 Å². The van der Waals surface area contributed by atoms with Gasteiger partial charge in [-0.1, -0.05) is 0 Å². The van der Waals surface area contributed by atoms with Crippen molar-refractivity contribution in [2.45, 2.75) is 30.9 Å². The Bertz CT molecular complexity index is 250. The molecule has 10 heteroatoms. The highest BCUT2D eigenvalue weighted by molar-refractivity contribution is 4.91. The molecule has 0 radical (unpaired) electrons. The van der Waals surface area contributed by atoms with E-state index < -0.39 is 30.9 Å². The van der Waals surface area contributed by atoms with E-state index in [0.29, 0.717) is 0 Å². The molecule has 2 unspecified atom stereocenters. The van der Waals surface area contributed by atoms with Gasteiger partial charge >= 0.3 is 18.1 Å². The lowest BCUT2D eigenvalue weighted by atomic mass is 10.3. The van der Waals surface area contributed by atoms with Crippen LogP contribution in [0, 0.1) is 0 Å². The fraction of sp³-hybridized carbons (Fsp3) is 1.00. The minimum absolute atomic E-state index is 2.85. The van der Waals surface area contributed by atoms with Gasteiger partial charge in [0.05, 0.1) is 0 Å². The fourth-order valence-electron chi connectivity index (χ4n) is 0.809. The van der Waals surface area contributed by atoms with Crippen molar-refractivity contribution in [2.75, 3.05) is 0 Å². The summed E-state index contributed by atoms with van der Waals surface area (Å²) in [6.07, 6.45) is -18.8. The van der Waals surface area contributed by atoms with Crippen LogP contribution in [0.5, 0.6) is 0 Å². The van der Waals surface area contributed by atoms with Crippen LogP contribution in [0.4, 0.5) is 35.1 Å². The first-order valence-corrected chi connectivity index (χ1v) is 3.28. The Balaban J connectivity index is 3.01. The molecule has 2 atom stereocenters. The lowest BCUT2D eigenvalue weighted by Gasteiger charge is -2.24. The summed E-state index contributed by atoms with van der Waals surface area (Å²) in [7, 11) is 0. The molecular formula is C5H2F8O2. The van der Waals surface area contributed by atoms with E-state index in [0.717, 1.165) is 0 Å². The van der Waals surface area contributed by atoms with Gasteiger partial charge in [-0.05, 0) is 0 Å². The van der Waals surface area contributed by atoms with Crippen LogP contribution in [-0.2, 0) is 9.47 Å². The third kappa shape index (κ3) is 1.75. The maximum atomic E-state index is 12.7. The van der Waals surface area contributed by atoms with Crippen molar-refractivity contribution >= 4 is 0 Å². The minimum Gasteiger partial charge on any atom is -0.296 e. The van der Waals surface area contributed by atoms with Gasteiger partial charge in [0.25, 0.3) is 6.43 Å². The number of halogens is 8. The van der Waals surface area contributed by atoms with Crippen LogP contribution in [0.3, 0.4) is 0 Å². The summed E-state index contributed by atoms with van der Waals surface area (Å²) in [5.41, 5.74) is 0. The third-order valence-electron chi connectivity index (χ3n) is 1.49. The Kier molecular flexibility index (Phi) is 2.63. The second-order valence-corrected chi connectivity index (χ2v) is 2.55. The van der Waals surface area contributed by atoms with Crippen LogP contribution in [0.15, 0.2) is 0 Å². The van der Waals surface area contributed by atoms with Crippen LogP contribution in [0.25, 0.3) is 0 Å². The van der Waals surface area contributed by atoms with E-state index in [2.05, 4.69) is 9.47 Å². The maximum Gasteiger partial charge on any atom is 0.458 e. The van der Waals surface area contributed by atoms with Crippen LogP contribution >= 0.6 is 0 Å². The fourth-order valence-corrected chi connectivity index (χ4v) is 0.809. The smallest absolute Gasteiger partial charge is 0.296 e. The van der Waals surface area contributed by atoms with Crippen molar-refractivity contribution in [1.29, 1.82) is 0 Å².